The number of carbonyl (C=O) groups is 1. The van der Waals surface area contributed by atoms with Crippen molar-refractivity contribution in [2.45, 2.75) is 206 Å². The fourth-order valence-corrected chi connectivity index (χ4v) is 5.94. The minimum Gasteiger partial charge on any atom is -0.391 e. The van der Waals surface area contributed by atoms with E-state index in [9.17, 15) is 14.5 Å². The molecule has 0 unspecified atom stereocenters. The average Bonchev–Trinajstić information content (AvgIpc) is 2.95. The van der Waals surface area contributed by atoms with E-state index in [-0.39, 0.29) is 5.91 Å². The van der Waals surface area contributed by atoms with E-state index in [0.717, 1.165) is 38.5 Å². The normalized spacial score (nSPS) is 13.4. The van der Waals surface area contributed by atoms with Crippen LogP contribution in [0.15, 0.2) is 0 Å². The minimum atomic E-state index is -4.68. The largest absolute Gasteiger partial charge is 0.469 e. The first-order valence-corrected chi connectivity index (χ1v) is 19.5. The molecule has 0 saturated carbocycles. The van der Waals surface area contributed by atoms with Crippen LogP contribution in [0.3, 0.4) is 0 Å². The Kier molecular flexibility index (Phi) is 30.2. The minimum absolute atomic E-state index is 0.195. The molecule has 252 valence electrons. The van der Waals surface area contributed by atoms with Gasteiger partial charge in [0.2, 0.25) is 5.91 Å². The van der Waals surface area contributed by atoms with Crippen molar-refractivity contribution >= 4 is 13.7 Å². The van der Waals surface area contributed by atoms with Crippen LogP contribution < -0.4 is 5.32 Å². The number of phosphoric ester groups is 1. The molecule has 0 aromatic carbocycles. The molecule has 0 fully saturated rings. The zero-order valence-corrected chi connectivity index (χ0v) is 28.6. The summed E-state index contributed by atoms with van der Waals surface area (Å²) < 4.78 is 15.9. The summed E-state index contributed by atoms with van der Waals surface area (Å²) in [4.78, 5) is 30.7. The molecule has 0 saturated heterocycles. The van der Waals surface area contributed by atoms with Crippen molar-refractivity contribution in [3.63, 3.8) is 0 Å². The van der Waals surface area contributed by atoms with Crippen molar-refractivity contribution in [2.75, 3.05) is 6.61 Å². The van der Waals surface area contributed by atoms with Crippen LogP contribution >= 0.6 is 7.82 Å². The van der Waals surface area contributed by atoms with Gasteiger partial charge in [-0.15, -0.1) is 0 Å². The number of phosphoric acid groups is 1. The van der Waals surface area contributed by atoms with Gasteiger partial charge in [-0.05, 0) is 12.8 Å². The molecule has 4 N–H and O–H groups in total. The molecular formula is C34H70NO6P. The summed E-state index contributed by atoms with van der Waals surface area (Å²) in [5.74, 6) is -0.195. The van der Waals surface area contributed by atoms with Crippen LogP contribution in [0.2, 0.25) is 0 Å². The topological polar surface area (TPSA) is 116 Å². The quantitative estimate of drug-likeness (QED) is 0.0429. The lowest BCUT2D eigenvalue weighted by Crippen LogP contribution is -2.46. The van der Waals surface area contributed by atoms with Gasteiger partial charge in [-0.1, -0.05) is 174 Å². The molecule has 0 bridgehead atoms. The highest BCUT2D eigenvalue weighted by Gasteiger charge is 2.25. The van der Waals surface area contributed by atoms with E-state index in [2.05, 4.69) is 23.7 Å². The van der Waals surface area contributed by atoms with Crippen molar-refractivity contribution in [1.82, 2.24) is 5.32 Å². The highest BCUT2D eigenvalue weighted by atomic mass is 31.2. The van der Waals surface area contributed by atoms with Gasteiger partial charge >= 0.3 is 7.82 Å². The lowest BCUT2D eigenvalue weighted by Gasteiger charge is -2.24. The number of hydrogen-bond donors (Lipinski definition) is 4. The Hall–Kier alpha value is -0.460. The van der Waals surface area contributed by atoms with Crippen molar-refractivity contribution in [3.8, 4) is 0 Å². The summed E-state index contributed by atoms with van der Waals surface area (Å²) in [6.45, 7) is 4.10. The SMILES string of the molecule is CCCCCCCCCCCCCCCCCC[C@@H](O)[C@H](COP(=O)(O)O)NC(=O)CCCCCCCCCCCC. The van der Waals surface area contributed by atoms with Gasteiger partial charge in [0.15, 0.2) is 0 Å². The van der Waals surface area contributed by atoms with Crippen LogP contribution in [0.1, 0.15) is 194 Å². The van der Waals surface area contributed by atoms with Crippen LogP contribution in [0, 0.1) is 0 Å². The molecule has 0 spiro atoms. The van der Waals surface area contributed by atoms with Crippen LogP contribution in [0.4, 0.5) is 0 Å². The number of aliphatic hydroxyl groups excluding tert-OH is 1. The fraction of sp³-hybridized carbons (Fsp3) is 0.971. The fourth-order valence-electron chi connectivity index (χ4n) is 5.58. The third kappa shape index (κ3) is 31.0. The van der Waals surface area contributed by atoms with Crippen molar-refractivity contribution < 1.29 is 28.8 Å². The van der Waals surface area contributed by atoms with Gasteiger partial charge in [0, 0.05) is 6.42 Å². The monoisotopic (exact) mass is 619 g/mol. The Morgan fingerprint density at radius 3 is 1.29 bits per heavy atom. The number of hydrogen-bond acceptors (Lipinski definition) is 4. The zero-order valence-electron chi connectivity index (χ0n) is 27.7. The Labute approximate surface area is 260 Å². The molecule has 7 nitrogen and oxygen atoms in total. The lowest BCUT2D eigenvalue weighted by molar-refractivity contribution is -0.123. The van der Waals surface area contributed by atoms with Gasteiger partial charge < -0.3 is 20.2 Å². The Bertz CT molecular complexity index is 629. The van der Waals surface area contributed by atoms with Crippen molar-refractivity contribution in [2.24, 2.45) is 0 Å². The maximum Gasteiger partial charge on any atom is 0.469 e. The number of unbranched alkanes of at least 4 members (excludes halogenated alkanes) is 24. The van der Waals surface area contributed by atoms with Gasteiger partial charge in [-0.3, -0.25) is 9.32 Å². The molecule has 0 aliphatic heterocycles. The Morgan fingerprint density at radius 1 is 0.595 bits per heavy atom. The van der Waals surface area contributed by atoms with Crippen LogP contribution in [0.5, 0.6) is 0 Å². The molecule has 0 aliphatic carbocycles. The molecule has 2 atom stereocenters. The average molecular weight is 620 g/mol. The third-order valence-corrected chi connectivity index (χ3v) is 8.83. The molecule has 0 aromatic heterocycles. The second-order valence-corrected chi connectivity index (χ2v) is 13.8. The van der Waals surface area contributed by atoms with E-state index < -0.39 is 26.6 Å². The third-order valence-electron chi connectivity index (χ3n) is 8.34. The van der Waals surface area contributed by atoms with Gasteiger partial charge in [0.1, 0.15) is 0 Å². The summed E-state index contributed by atoms with van der Waals surface area (Å²) >= 11 is 0. The van der Waals surface area contributed by atoms with E-state index in [4.69, 9.17) is 9.79 Å². The van der Waals surface area contributed by atoms with E-state index in [1.807, 2.05) is 0 Å². The first kappa shape index (κ1) is 41.5. The molecule has 0 radical (unpaired) electrons. The van der Waals surface area contributed by atoms with Gasteiger partial charge in [-0.25, -0.2) is 4.57 Å². The summed E-state index contributed by atoms with van der Waals surface area (Å²) in [6, 6.07) is -0.815. The molecule has 42 heavy (non-hydrogen) atoms. The summed E-state index contributed by atoms with van der Waals surface area (Å²) in [6.07, 6.45) is 32.3. The first-order chi connectivity index (χ1) is 20.3. The number of nitrogens with one attached hydrogen (secondary N) is 1. The molecule has 0 heterocycles. The zero-order chi connectivity index (χ0) is 31.2. The molecule has 0 aliphatic rings. The second-order valence-electron chi connectivity index (χ2n) is 12.6. The van der Waals surface area contributed by atoms with Gasteiger partial charge in [0.05, 0.1) is 18.8 Å². The standard InChI is InChI=1S/C34H70NO6P/c1-3-5-7-9-11-13-15-16-17-18-19-20-21-23-25-27-29-33(36)32(31-41-42(38,39)40)35-34(37)30-28-26-24-22-14-12-10-8-6-4-2/h32-33,36H,3-31H2,1-2H3,(H,35,37)(H2,38,39,40)/t32-,33+/m0/s1. The van der Waals surface area contributed by atoms with Crippen LogP contribution in [-0.4, -0.2) is 39.6 Å². The molecule has 0 aromatic rings. The number of carbonyl (C=O) groups excluding carboxylic acids is 1. The van der Waals surface area contributed by atoms with Crippen LogP contribution in [0.25, 0.3) is 0 Å². The highest BCUT2D eigenvalue weighted by Crippen LogP contribution is 2.36. The predicted octanol–water partition coefficient (Wildman–Crippen LogP) is 9.90. The van der Waals surface area contributed by atoms with Crippen molar-refractivity contribution in [3.05, 3.63) is 0 Å². The maximum absolute atomic E-state index is 12.5. The predicted molar refractivity (Wildman–Crippen MR) is 177 cm³/mol. The molecule has 8 heteroatoms. The Morgan fingerprint density at radius 2 is 0.929 bits per heavy atom. The molecular weight excluding hydrogens is 549 g/mol. The van der Waals surface area contributed by atoms with E-state index in [1.165, 1.54) is 128 Å². The number of amides is 1. The van der Waals surface area contributed by atoms with E-state index in [1.54, 1.807) is 0 Å². The highest BCUT2D eigenvalue weighted by molar-refractivity contribution is 7.46. The summed E-state index contributed by atoms with van der Waals surface area (Å²) in [5.41, 5.74) is 0. The van der Waals surface area contributed by atoms with E-state index in [0.29, 0.717) is 12.8 Å². The maximum atomic E-state index is 12.5. The second kappa shape index (κ2) is 30.6. The van der Waals surface area contributed by atoms with Gasteiger partial charge in [-0.2, -0.15) is 0 Å². The summed E-state index contributed by atoms with van der Waals surface area (Å²) in [5, 5.41) is 13.4. The number of aliphatic hydroxyl groups is 1. The Balaban J connectivity index is 3.95. The smallest absolute Gasteiger partial charge is 0.391 e. The lowest BCUT2D eigenvalue weighted by atomic mass is 10.0. The first-order valence-electron chi connectivity index (χ1n) is 18.0. The van der Waals surface area contributed by atoms with E-state index >= 15 is 0 Å². The molecule has 1 amide bonds. The van der Waals surface area contributed by atoms with Gasteiger partial charge in [0.25, 0.3) is 0 Å². The number of rotatable bonds is 33. The van der Waals surface area contributed by atoms with Crippen molar-refractivity contribution in [1.29, 1.82) is 0 Å². The summed E-state index contributed by atoms with van der Waals surface area (Å²) in [7, 11) is -4.68. The van der Waals surface area contributed by atoms with Crippen LogP contribution in [-0.2, 0) is 13.9 Å². The molecule has 0 rings (SSSR count).